The highest BCUT2D eigenvalue weighted by atomic mass is 16.5. The number of hydrogen-bond acceptors (Lipinski definition) is 3. The van der Waals surface area contributed by atoms with Crippen molar-refractivity contribution in [1.82, 2.24) is 0 Å². The molecule has 0 heterocycles. The van der Waals surface area contributed by atoms with Gasteiger partial charge in [-0.2, -0.15) is 0 Å². The Morgan fingerprint density at radius 1 is 0.870 bits per heavy atom. The number of hydrogen-bond donors (Lipinski definition) is 1. The van der Waals surface area contributed by atoms with Crippen LogP contribution in [0.3, 0.4) is 0 Å². The zero-order valence-corrected chi connectivity index (χ0v) is 12.8. The normalized spacial score (nSPS) is 10.3. The Balaban J connectivity index is 1.86. The van der Waals surface area contributed by atoms with E-state index >= 15 is 0 Å². The predicted octanol–water partition coefficient (Wildman–Crippen LogP) is 4.60. The molecule has 0 aliphatic rings. The molecule has 0 fully saturated rings. The highest BCUT2D eigenvalue weighted by molar-refractivity contribution is 6.10. The van der Waals surface area contributed by atoms with Gasteiger partial charge < -0.3 is 10.5 Å². The summed E-state index contributed by atoms with van der Waals surface area (Å²) in [6.07, 6.45) is 0. The first-order chi connectivity index (χ1) is 11.1. The average molecular weight is 303 g/mol. The van der Waals surface area contributed by atoms with Crippen molar-refractivity contribution >= 4 is 11.5 Å². The number of nitrogens with two attached hydrogens (primary N) is 1. The Morgan fingerprint density at radius 3 is 2.35 bits per heavy atom. The molecule has 3 nitrogen and oxygen atoms in total. The first-order valence-electron chi connectivity index (χ1n) is 7.37. The second kappa shape index (κ2) is 6.36. The zero-order valence-electron chi connectivity index (χ0n) is 12.8. The minimum Gasteiger partial charge on any atom is -0.457 e. The molecule has 0 bridgehead atoms. The number of ketones is 1. The minimum absolute atomic E-state index is 0.0407. The molecule has 0 saturated carbocycles. The molecule has 0 spiro atoms. The third-order valence-corrected chi connectivity index (χ3v) is 3.57. The first-order valence-corrected chi connectivity index (χ1v) is 7.37. The van der Waals surface area contributed by atoms with Crippen LogP contribution in [-0.4, -0.2) is 5.78 Å². The van der Waals surface area contributed by atoms with Crippen molar-refractivity contribution in [2.45, 2.75) is 6.92 Å². The lowest BCUT2D eigenvalue weighted by atomic mass is 9.98. The molecule has 23 heavy (non-hydrogen) atoms. The lowest BCUT2D eigenvalue weighted by Gasteiger charge is -2.10. The molecule has 0 unspecified atom stereocenters. The van der Waals surface area contributed by atoms with E-state index in [0.717, 1.165) is 11.3 Å². The summed E-state index contributed by atoms with van der Waals surface area (Å²) in [5.74, 6) is 1.43. The van der Waals surface area contributed by atoms with Gasteiger partial charge in [0.25, 0.3) is 0 Å². The fourth-order valence-electron chi connectivity index (χ4n) is 2.41. The van der Waals surface area contributed by atoms with Crippen LogP contribution in [0.25, 0.3) is 0 Å². The summed E-state index contributed by atoms with van der Waals surface area (Å²) in [5, 5.41) is 0. The monoisotopic (exact) mass is 303 g/mol. The van der Waals surface area contributed by atoms with E-state index in [1.165, 1.54) is 0 Å². The molecule has 3 rings (SSSR count). The molecule has 0 aliphatic carbocycles. The maximum absolute atomic E-state index is 12.6. The second-order valence-electron chi connectivity index (χ2n) is 5.35. The molecule has 2 N–H and O–H groups in total. The first kappa shape index (κ1) is 14.9. The van der Waals surface area contributed by atoms with Gasteiger partial charge in [0, 0.05) is 16.8 Å². The maximum atomic E-state index is 12.6. The van der Waals surface area contributed by atoms with Gasteiger partial charge in [-0.15, -0.1) is 0 Å². The summed E-state index contributed by atoms with van der Waals surface area (Å²) < 4.78 is 5.79. The van der Waals surface area contributed by atoms with Crippen molar-refractivity contribution in [3.8, 4) is 11.5 Å². The summed E-state index contributed by atoms with van der Waals surface area (Å²) in [4.78, 5) is 12.6. The topological polar surface area (TPSA) is 52.3 Å². The van der Waals surface area contributed by atoms with E-state index in [1.807, 2.05) is 43.3 Å². The van der Waals surface area contributed by atoms with Crippen molar-refractivity contribution in [3.63, 3.8) is 0 Å². The summed E-state index contributed by atoms with van der Waals surface area (Å²) in [6, 6.07) is 22.0. The Bertz CT molecular complexity index is 841. The largest absolute Gasteiger partial charge is 0.457 e. The van der Waals surface area contributed by atoms with E-state index in [9.17, 15) is 4.79 Å². The van der Waals surface area contributed by atoms with Gasteiger partial charge in [-0.25, -0.2) is 0 Å². The zero-order chi connectivity index (χ0) is 16.2. The van der Waals surface area contributed by atoms with E-state index in [-0.39, 0.29) is 5.78 Å². The summed E-state index contributed by atoms with van der Waals surface area (Å²) in [7, 11) is 0. The molecule has 0 aliphatic heterocycles. The molecule has 0 saturated heterocycles. The summed E-state index contributed by atoms with van der Waals surface area (Å²) in [5.41, 5.74) is 8.43. The smallest absolute Gasteiger partial charge is 0.193 e. The van der Waals surface area contributed by atoms with Gasteiger partial charge in [-0.1, -0.05) is 30.3 Å². The molecular weight excluding hydrogens is 286 g/mol. The van der Waals surface area contributed by atoms with Gasteiger partial charge in [0.15, 0.2) is 5.78 Å². The van der Waals surface area contributed by atoms with Crippen LogP contribution in [0.1, 0.15) is 21.5 Å². The van der Waals surface area contributed by atoms with Gasteiger partial charge in [-0.05, 0) is 55.0 Å². The average Bonchev–Trinajstić information content (AvgIpc) is 2.55. The number of para-hydroxylation sites is 1. The Morgan fingerprint density at radius 2 is 1.65 bits per heavy atom. The summed E-state index contributed by atoms with van der Waals surface area (Å²) >= 11 is 0. The van der Waals surface area contributed by atoms with Crippen LogP contribution >= 0.6 is 0 Å². The Labute approximate surface area is 135 Å². The highest BCUT2D eigenvalue weighted by Gasteiger charge is 2.13. The van der Waals surface area contributed by atoms with Crippen molar-refractivity contribution in [2.75, 3.05) is 5.73 Å². The van der Waals surface area contributed by atoms with Gasteiger partial charge in [0.1, 0.15) is 11.5 Å². The molecule has 3 heteroatoms. The molecule has 0 aromatic heterocycles. The third kappa shape index (κ3) is 3.40. The molecule has 114 valence electrons. The standard InChI is InChI=1S/C20H17NO2/c1-14-12-18(23-17-8-3-2-4-9-17)10-11-19(14)20(22)15-6-5-7-16(21)13-15/h2-13H,21H2,1H3. The van der Waals surface area contributed by atoms with Crippen molar-refractivity contribution in [2.24, 2.45) is 0 Å². The van der Waals surface area contributed by atoms with Crippen LogP contribution in [0.5, 0.6) is 11.5 Å². The van der Waals surface area contributed by atoms with Crippen molar-refractivity contribution < 1.29 is 9.53 Å². The Hall–Kier alpha value is -3.07. The van der Waals surface area contributed by atoms with Gasteiger partial charge in [0.05, 0.1) is 0 Å². The number of benzene rings is 3. The van der Waals surface area contributed by atoms with Gasteiger partial charge in [0.2, 0.25) is 0 Å². The predicted molar refractivity (Wildman–Crippen MR) is 92.0 cm³/mol. The number of carbonyl (C=O) groups is 1. The SMILES string of the molecule is Cc1cc(Oc2ccccc2)ccc1C(=O)c1cccc(N)c1. The maximum Gasteiger partial charge on any atom is 0.193 e. The number of carbonyl (C=O) groups excluding carboxylic acids is 1. The second-order valence-corrected chi connectivity index (χ2v) is 5.35. The Kier molecular flexibility index (Phi) is 4.11. The number of nitrogen functional groups attached to an aromatic ring is 1. The van der Waals surface area contributed by atoms with Crippen LogP contribution in [0.4, 0.5) is 5.69 Å². The van der Waals surface area contributed by atoms with Crippen LogP contribution in [0, 0.1) is 6.92 Å². The fraction of sp³-hybridized carbons (Fsp3) is 0.0500. The number of ether oxygens (including phenoxy) is 1. The lowest BCUT2D eigenvalue weighted by Crippen LogP contribution is -2.04. The van der Waals surface area contributed by atoms with Crippen LogP contribution in [0.15, 0.2) is 72.8 Å². The van der Waals surface area contributed by atoms with Gasteiger partial charge >= 0.3 is 0 Å². The van der Waals surface area contributed by atoms with E-state index in [0.29, 0.717) is 22.6 Å². The van der Waals surface area contributed by atoms with Crippen LogP contribution < -0.4 is 10.5 Å². The van der Waals surface area contributed by atoms with Crippen LogP contribution in [0.2, 0.25) is 0 Å². The highest BCUT2D eigenvalue weighted by Crippen LogP contribution is 2.25. The number of anilines is 1. The molecule has 3 aromatic carbocycles. The molecule has 0 radical (unpaired) electrons. The van der Waals surface area contributed by atoms with E-state index < -0.39 is 0 Å². The van der Waals surface area contributed by atoms with Crippen LogP contribution in [-0.2, 0) is 0 Å². The van der Waals surface area contributed by atoms with E-state index in [2.05, 4.69) is 0 Å². The van der Waals surface area contributed by atoms with E-state index in [4.69, 9.17) is 10.5 Å². The van der Waals surface area contributed by atoms with Crippen molar-refractivity contribution in [1.29, 1.82) is 0 Å². The lowest BCUT2D eigenvalue weighted by molar-refractivity contribution is 0.103. The molecule has 3 aromatic rings. The number of aryl methyl sites for hydroxylation is 1. The molecule has 0 atom stereocenters. The van der Waals surface area contributed by atoms with Crippen molar-refractivity contribution in [3.05, 3.63) is 89.5 Å². The van der Waals surface area contributed by atoms with E-state index in [1.54, 1.807) is 36.4 Å². The minimum atomic E-state index is -0.0407. The number of rotatable bonds is 4. The fourth-order valence-corrected chi connectivity index (χ4v) is 2.41. The molecular formula is C20H17NO2. The summed E-state index contributed by atoms with van der Waals surface area (Å²) in [6.45, 7) is 1.90. The quantitative estimate of drug-likeness (QED) is 0.566. The van der Waals surface area contributed by atoms with Gasteiger partial charge in [-0.3, -0.25) is 4.79 Å². The third-order valence-electron chi connectivity index (χ3n) is 3.57. The molecule has 0 amide bonds.